The molecule has 2 aromatic rings. The second kappa shape index (κ2) is 6.57. The maximum atomic E-state index is 14.2. The van der Waals surface area contributed by atoms with Gasteiger partial charge in [0.05, 0.1) is 6.04 Å². The van der Waals surface area contributed by atoms with Crippen molar-refractivity contribution in [2.75, 3.05) is 6.54 Å². The van der Waals surface area contributed by atoms with Gasteiger partial charge in [-0.25, -0.2) is 4.39 Å². The maximum absolute atomic E-state index is 14.2. The molecule has 2 aromatic carbocycles. The second-order valence-corrected chi connectivity index (χ2v) is 5.45. The van der Waals surface area contributed by atoms with E-state index in [2.05, 4.69) is 5.32 Å². The molecule has 0 saturated carbocycles. The van der Waals surface area contributed by atoms with Gasteiger partial charge in [0.25, 0.3) is 0 Å². The summed E-state index contributed by atoms with van der Waals surface area (Å²) in [5.41, 5.74) is 2.39. The molecule has 20 heavy (non-hydrogen) atoms. The van der Waals surface area contributed by atoms with E-state index in [-0.39, 0.29) is 11.9 Å². The minimum absolute atomic E-state index is 0.287. The molecule has 1 unspecified atom stereocenters. The summed E-state index contributed by atoms with van der Waals surface area (Å²) in [6, 6.07) is 10.2. The first-order valence-electron chi connectivity index (χ1n) is 6.48. The van der Waals surface area contributed by atoms with Gasteiger partial charge >= 0.3 is 0 Å². The van der Waals surface area contributed by atoms with E-state index in [0.29, 0.717) is 22.2 Å². The number of halogens is 3. The number of aryl methyl sites for hydroxylation is 1. The van der Waals surface area contributed by atoms with E-state index in [0.717, 1.165) is 11.1 Å². The predicted octanol–water partition coefficient (Wildman–Crippen LogP) is 5.14. The highest BCUT2D eigenvalue weighted by Crippen LogP contribution is 2.32. The van der Waals surface area contributed by atoms with Gasteiger partial charge in [0.15, 0.2) is 0 Å². The van der Waals surface area contributed by atoms with E-state index in [9.17, 15) is 4.39 Å². The van der Waals surface area contributed by atoms with Crippen LogP contribution in [-0.2, 0) is 0 Å². The van der Waals surface area contributed by atoms with Crippen molar-refractivity contribution < 1.29 is 4.39 Å². The van der Waals surface area contributed by atoms with Gasteiger partial charge in [-0.1, -0.05) is 54.4 Å². The van der Waals surface area contributed by atoms with Crippen LogP contribution < -0.4 is 5.32 Å². The topological polar surface area (TPSA) is 12.0 Å². The molecule has 0 aliphatic rings. The molecule has 0 spiro atoms. The van der Waals surface area contributed by atoms with Crippen LogP contribution in [0, 0.1) is 12.7 Å². The summed E-state index contributed by atoms with van der Waals surface area (Å²) in [7, 11) is 0. The van der Waals surface area contributed by atoms with Crippen LogP contribution in [0.3, 0.4) is 0 Å². The first kappa shape index (κ1) is 15.3. The van der Waals surface area contributed by atoms with E-state index in [1.54, 1.807) is 12.1 Å². The predicted molar refractivity (Wildman–Crippen MR) is 83.1 cm³/mol. The van der Waals surface area contributed by atoms with Crippen LogP contribution in [0.25, 0.3) is 0 Å². The highest BCUT2D eigenvalue weighted by molar-refractivity contribution is 6.32. The zero-order valence-corrected chi connectivity index (χ0v) is 12.9. The summed E-state index contributed by atoms with van der Waals surface area (Å²) in [4.78, 5) is 0. The fourth-order valence-corrected chi connectivity index (χ4v) is 2.61. The van der Waals surface area contributed by atoms with Crippen LogP contribution in [0.4, 0.5) is 4.39 Å². The first-order chi connectivity index (χ1) is 9.54. The maximum Gasteiger partial charge on any atom is 0.129 e. The Morgan fingerprint density at radius 1 is 1.15 bits per heavy atom. The lowest BCUT2D eigenvalue weighted by molar-refractivity contribution is 0.559. The van der Waals surface area contributed by atoms with Gasteiger partial charge in [-0.15, -0.1) is 0 Å². The van der Waals surface area contributed by atoms with E-state index in [4.69, 9.17) is 23.2 Å². The van der Waals surface area contributed by atoms with Gasteiger partial charge in [-0.3, -0.25) is 0 Å². The molecule has 0 amide bonds. The fraction of sp³-hybridized carbons (Fsp3) is 0.250. The highest BCUT2D eigenvalue weighted by Gasteiger charge is 2.20. The lowest BCUT2D eigenvalue weighted by Gasteiger charge is -2.21. The molecule has 2 rings (SSSR count). The third kappa shape index (κ3) is 3.14. The van der Waals surface area contributed by atoms with Gasteiger partial charge in [-0.05, 0) is 36.7 Å². The summed E-state index contributed by atoms with van der Waals surface area (Å²) >= 11 is 12.2. The molecular formula is C16H16Cl2FN. The van der Waals surface area contributed by atoms with Crippen LogP contribution in [0.2, 0.25) is 10.0 Å². The monoisotopic (exact) mass is 311 g/mol. The molecule has 0 heterocycles. The van der Waals surface area contributed by atoms with E-state index in [1.165, 1.54) is 6.07 Å². The zero-order valence-electron chi connectivity index (χ0n) is 11.4. The number of hydrogen-bond donors (Lipinski definition) is 1. The van der Waals surface area contributed by atoms with Crippen molar-refractivity contribution in [2.24, 2.45) is 0 Å². The third-order valence-corrected chi connectivity index (χ3v) is 3.97. The smallest absolute Gasteiger partial charge is 0.129 e. The molecule has 1 nitrogen and oxygen atoms in total. The summed E-state index contributed by atoms with van der Waals surface area (Å²) in [5, 5.41) is 4.32. The van der Waals surface area contributed by atoms with Crippen LogP contribution in [0.5, 0.6) is 0 Å². The molecule has 1 N–H and O–H groups in total. The largest absolute Gasteiger partial charge is 0.306 e. The summed E-state index contributed by atoms with van der Waals surface area (Å²) in [6.45, 7) is 4.62. The molecule has 0 aliphatic carbocycles. The average molecular weight is 312 g/mol. The summed E-state index contributed by atoms with van der Waals surface area (Å²) in [6.07, 6.45) is 0. The number of hydrogen-bond acceptors (Lipinski definition) is 1. The molecule has 106 valence electrons. The Balaban J connectivity index is 2.53. The lowest BCUT2D eigenvalue weighted by Crippen LogP contribution is -2.23. The molecule has 0 fully saturated rings. The van der Waals surface area contributed by atoms with Crippen molar-refractivity contribution in [3.05, 3.63) is 69.0 Å². The molecule has 4 heteroatoms. The lowest BCUT2D eigenvalue weighted by atomic mass is 9.96. The Bertz CT molecular complexity index is 613. The van der Waals surface area contributed by atoms with Crippen LogP contribution >= 0.6 is 23.2 Å². The van der Waals surface area contributed by atoms with E-state index < -0.39 is 0 Å². The standard InChI is InChI=1S/C16H16Cl2FN/c1-3-20-16(12-8-7-11(17)9-14(12)19)13-6-4-5-10(2)15(13)18/h4-9,16,20H,3H2,1-2H3. The van der Waals surface area contributed by atoms with Crippen molar-refractivity contribution >= 4 is 23.2 Å². The quantitative estimate of drug-likeness (QED) is 0.824. The average Bonchev–Trinajstić information content (AvgIpc) is 2.40. The molecule has 1 atom stereocenters. The van der Waals surface area contributed by atoms with E-state index in [1.807, 2.05) is 32.0 Å². The fourth-order valence-electron chi connectivity index (χ4n) is 2.22. The van der Waals surface area contributed by atoms with Crippen molar-refractivity contribution in [1.82, 2.24) is 5.32 Å². The molecule has 0 bridgehead atoms. The van der Waals surface area contributed by atoms with Gasteiger partial charge in [0, 0.05) is 15.6 Å². The Labute approximate surface area is 128 Å². The van der Waals surface area contributed by atoms with E-state index >= 15 is 0 Å². The molecule has 0 aliphatic heterocycles. The van der Waals surface area contributed by atoms with Crippen LogP contribution in [0.1, 0.15) is 29.7 Å². The molecule has 0 radical (unpaired) electrons. The molecule has 0 saturated heterocycles. The minimum Gasteiger partial charge on any atom is -0.306 e. The van der Waals surface area contributed by atoms with Crippen LogP contribution in [-0.4, -0.2) is 6.54 Å². The number of benzene rings is 2. The third-order valence-electron chi connectivity index (χ3n) is 3.21. The van der Waals surface area contributed by atoms with Gasteiger partial charge in [0.2, 0.25) is 0 Å². The van der Waals surface area contributed by atoms with Gasteiger partial charge in [0.1, 0.15) is 5.82 Å². The van der Waals surface area contributed by atoms with Crippen molar-refractivity contribution in [3.8, 4) is 0 Å². The van der Waals surface area contributed by atoms with Crippen molar-refractivity contribution in [1.29, 1.82) is 0 Å². The number of nitrogens with one attached hydrogen (secondary N) is 1. The highest BCUT2D eigenvalue weighted by atomic mass is 35.5. The number of rotatable bonds is 4. The van der Waals surface area contributed by atoms with Gasteiger partial charge in [-0.2, -0.15) is 0 Å². The molecule has 0 aromatic heterocycles. The Kier molecular flexibility index (Phi) is 5.03. The first-order valence-corrected chi connectivity index (χ1v) is 7.23. The Morgan fingerprint density at radius 2 is 1.90 bits per heavy atom. The Morgan fingerprint density at radius 3 is 2.55 bits per heavy atom. The SMILES string of the molecule is CCNC(c1ccc(Cl)cc1F)c1cccc(C)c1Cl. The van der Waals surface area contributed by atoms with Crippen LogP contribution in [0.15, 0.2) is 36.4 Å². The summed E-state index contributed by atoms with van der Waals surface area (Å²) in [5.74, 6) is -0.332. The minimum atomic E-state index is -0.332. The zero-order chi connectivity index (χ0) is 14.7. The Hall–Kier alpha value is -1.09. The second-order valence-electron chi connectivity index (χ2n) is 4.63. The normalized spacial score (nSPS) is 12.4. The van der Waals surface area contributed by atoms with Crippen molar-refractivity contribution in [3.63, 3.8) is 0 Å². The van der Waals surface area contributed by atoms with Gasteiger partial charge < -0.3 is 5.32 Å². The van der Waals surface area contributed by atoms with Crippen molar-refractivity contribution in [2.45, 2.75) is 19.9 Å². The molecular weight excluding hydrogens is 296 g/mol. The summed E-state index contributed by atoms with van der Waals surface area (Å²) < 4.78 is 14.2.